The molecule has 0 bridgehead atoms. The molecule has 0 spiro atoms. The van der Waals surface area contributed by atoms with Crippen molar-refractivity contribution in [2.75, 3.05) is 14.1 Å². The van der Waals surface area contributed by atoms with Crippen molar-refractivity contribution in [1.82, 2.24) is 20.0 Å². The van der Waals surface area contributed by atoms with E-state index in [0.717, 1.165) is 11.4 Å². The van der Waals surface area contributed by atoms with Crippen molar-refractivity contribution in [3.8, 4) is 5.75 Å². The molecule has 1 aromatic carbocycles. The fourth-order valence-electron chi connectivity index (χ4n) is 2.68. The second-order valence-corrected chi connectivity index (χ2v) is 7.79. The van der Waals surface area contributed by atoms with Crippen molar-refractivity contribution < 1.29 is 9.25 Å². The fraction of sp³-hybridized carbons (Fsp3) is 0.400. The van der Waals surface area contributed by atoms with Crippen LogP contribution in [0.25, 0.3) is 5.78 Å². The summed E-state index contributed by atoms with van der Waals surface area (Å²) in [6.07, 6.45) is 3.23. The quantitative estimate of drug-likeness (QED) is 0.427. The van der Waals surface area contributed by atoms with Gasteiger partial charge in [0.25, 0.3) is 0 Å². The summed E-state index contributed by atoms with van der Waals surface area (Å²) in [5, 5.41) is 3.15. The molecule has 0 aliphatic heterocycles. The monoisotopic (exact) mass is 367 g/mol. The van der Waals surface area contributed by atoms with E-state index in [1.54, 1.807) is 17.1 Å². The Morgan fingerprint density at radius 1 is 1.19 bits per heavy atom. The molecule has 0 unspecified atom stereocenters. The molecule has 3 aromatic rings. The second-order valence-electron chi connectivity index (χ2n) is 7.79. The molecule has 0 fully saturated rings. The molecule has 0 amide bonds. The highest BCUT2D eigenvalue weighted by atomic mass is 16.5. The average molecular weight is 367 g/mol. The van der Waals surface area contributed by atoms with Crippen molar-refractivity contribution in [1.29, 1.82) is 0 Å². The third-order valence-electron chi connectivity index (χ3n) is 4.17. The molecule has 142 valence electrons. The number of H-pyrrole nitrogens is 1. The molecule has 2 aromatic heterocycles. The molecule has 27 heavy (non-hydrogen) atoms. The molecule has 0 aliphatic carbocycles. The van der Waals surface area contributed by atoms with Crippen LogP contribution < -0.4 is 9.25 Å². The van der Waals surface area contributed by atoms with Gasteiger partial charge in [0.1, 0.15) is 17.6 Å². The van der Waals surface area contributed by atoms with E-state index in [4.69, 9.17) is 4.74 Å². The van der Waals surface area contributed by atoms with Crippen molar-refractivity contribution in [3.63, 3.8) is 0 Å². The largest absolute Gasteiger partial charge is 0.483 e. The maximum atomic E-state index is 6.14. The summed E-state index contributed by atoms with van der Waals surface area (Å²) in [6, 6.07) is 10.2. The average Bonchev–Trinajstić information content (AvgIpc) is 3.02. The molecule has 1 N–H and O–H groups in total. The van der Waals surface area contributed by atoms with Crippen LogP contribution in [-0.2, 0) is 5.41 Å². The van der Waals surface area contributed by atoms with E-state index in [2.05, 4.69) is 53.0 Å². The van der Waals surface area contributed by atoms with Gasteiger partial charge in [0, 0.05) is 20.2 Å². The Balaban J connectivity index is 1.84. The summed E-state index contributed by atoms with van der Waals surface area (Å²) >= 11 is 0. The SMILES string of the molecule is C[C@H](Oc1ccc(C(C)(C)C)cc1)c1ccnc2nc(N=CN(C)C)[nH][n+]12. The maximum Gasteiger partial charge on any atom is 0.459 e. The number of fused-ring (bicyclic) bond motifs is 1. The first-order valence-corrected chi connectivity index (χ1v) is 8.98. The minimum Gasteiger partial charge on any atom is -0.483 e. The molecule has 0 saturated heterocycles. The topological polar surface area (TPSA) is 70.5 Å². The first kappa shape index (κ1) is 18.8. The maximum absolute atomic E-state index is 6.14. The van der Waals surface area contributed by atoms with E-state index < -0.39 is 0 Å². The normalized spacial score (nSPS) is 13.3. The molecule has 0 saturated carbocycles. The molecule has 0 aliphatic rings. The van der Waals surface area contributed by atoms with E-state index in [1.807, 2.05) is 44.1 Å². The third kappa shape index (κ3) is 4.42. The molecular formula is C20H27N6O+. The number of aromatic nitrogens is 4. The lowest BCUT2D eigenvalue weighted by molar-refractivity contribution is -0.591. The van der Waals surface area contributed by atoms with Crippen LogP contribution in [0.2, 0.25) is 0 Å². The standard InChI is InChI=1S/C20H26N6O/c1-14(27-16-9-7-15(8-10-16)20(2,3)4)17-11-12-21-19-23-18(24-26(17)19)22-13-25(5)6/h7-14H,1-6H3/p+1/t14-/m0/s1. The van der Waals surface area contributed by atoms with Crippen molar-refractivity contribution in [2.45, 2.75) is 39.2 Å². The zero-order valence-corrected chi connectivity index (χ0v) is 16.8. The summed E-state index contributed by atoms with van der Waals surface area (Å²) in [7, 11) is 3.81. The van der Waals surface area contributed by atoms with Gasteiger partial charge in [-0.15, -0.1) is 4.52 Å². The summed E-state index contributed by atoms with van der Waals surface area (Å²) in [4.78, 5) is 14.8. The number of ether oxygens (including phenoxy) is 1. The van der Waals surface area contributed by atoms with Crippen LogP contribution in [0.1, 0.15) is 45.1 Å². The van der Waals surface area contributed by atoms with E-state index in [0.29, 0.717) is 11.7 Å². The molecule has 7 nitrogen and oxygen atoms in total. The summed E-state index contributed by atoms with van der Waals surface area (Å²) in [5.74, 6) is 1.87. The lowest BCUT2D eigenvalue weighted by atomic mass is 9.87. The number of benzene rings is 1. The Morgan fingerprint density at radius 3 is 2.52 bits per heavy atom. The van der Waals surface area contributed by atoms with Crippen molar-refractivity contribution >= 4 is 18.1 Å². The predicted octanol–water partition coefficient (Wildman–Crippen LogP) is 3.20. The zero-order chi connectivity index (χ0) is 19.6. The number of rotatable bonds is 5. The number of hydrogen-bond donors (Lipinski definition) is 1. The van der Waals surface area contributed by atoms with Crippen LogP contribution >= 0.6 is 0 Å². The Hall–Kier alpha value is -2.96. The fourth-order valence-corrected chi connectivity index (χ4v) is 2.68. The first-order valence-electron chi connectivity index (χ1n) is 8.98. The molecule has 3 rings (SSSR count). The highest BCUT2D eigenvalue weighted by Gasteiger charge is 2.21. The van der Waals surface area contributed by atoms with Gasteiger partial charge in [0.15, 0.2) is 6.10 Å². The van der Waals surface area contributed by atoms with Gasteiger partial charge >= 0.3 is 11.7 Å². The second kappa shape index (κ2) is 7.34. The van der Waals surface area contributed by atoms with Gasteiger partial charge in [-0.1, -0.05) is 37.9 Å². The minimum atomic E-state index is -0.188. The summed E-state index contributed by atoms with van der Waals surface area (Å²) < 4.78 is 7.94. The predicted molar refractivity (Wildman–Crippen MR) is 106 cm³/mol. The number of aromatic amines is 1. The molecule has 7 heteroatoms. The summed E-state index contributed by atoms with van der Waals surface area (Å²) in [5.41, 5.74) is 2.32. The Bertz CT molecular complexity index is 937. The van der Waals surface area contributed by atoms with Gasteiger partial charge in [0.05, 0.1) is 6.34 Å². The van der Waals surface area contributed by atoms with Crippen LogP contribution in [-0.4, -0.2) is 40.4 Å². The van der Waals surface area contributed by atoms with E-state index in [9.17, 15) is 0 Å². The van der Waals surface area contributed by atoms with Crippen molar-refractivity contribution in [3.05, 3.63) is 47.8 Å². The van der Waals surface area contributed by atoms with Gasteiger partial charge in [-0.3, -0.25) is 0 Å². The number of nitrogens with zero attached hydrogens (tertiary/aromatic N) is 5. The van der Waals surface area contributed by atoms with Crippen molar-refractivity contribution in [2.24, 2.45) is 4.99 Å². The van der Waals surface area contributed by atoms with Gasteiger partial charge < -0.3 is 9.64 Å². The molecular weight excluding hydrogens is 340 g/mol. The smallest absolute Gasteiger partial charge is 0.459 e. The Labute approximate surface area is 159 Å². The Kier molecular flexibility index (Phi) is 5.12. The number of nitrogens with one attached hydrogen (secondary N) is 1. The summed E-state index contributed by atoms with van der Waals surface area (Å²) in [6.45, 7) is 8.60. The number of hydrogen-bond acceptors (Lipinski definition) is 4. The third-order valence-corrected chi connectivity index (χ3v) is 4.17. The van der Waals surface area contributed by atoms with Crippen LogP contribution in [0.5, 0.6) is 5.75 Å². The zero-order valence-electron chi connectivity index (χ0n) is 16.8. The van der Waals surface area contributed by atoms with Crippen LogP contribution in [0.4, 0.5) is 5.95 Å². The first-order chi connectivity index (χ1) is 12.7. The van der Waals surface area contributed by atoms with E-state index in [-0.39, 0.29) is 11.5 Å². The van der Waals surface area contributed by atoms with E-state index in [1.165, 1.54) is 5.56 Å². The lowest BCUT2D eigenvalue weighted by Crippen LogP contribution is -2.32. The molecule has 1 atom stereocenters. The highest BCUT2D eigenvalue weighted by molar-refractivity contribution is 5.57. The van der Waals surface area contributed by atoms with Gasteiger partial charge in [-0.2, -0.15) is 10.1 Å². The lowest BCUT2D eigenvalue weighted by Gasteiger charge is -2.20. The van der Waals surface area contributed by atoms with Gasteiger partial charge in [0.2, 0.25) is 0 Å². The number of aliphatic imine (C=N–C) groups is 1. The molecule has 2 heterocycles. The van der Waals surface area contributed by atoms with Crippen LogP contribution in [0.15, 0.2) is 41.5 Å². The Morgan fingerprint density at radius 2 is 1.89 bits per heavy atom. The van der Waals surface area contributed by atoms with E-state index >= 15 is 0 Å². The van der Waals surface area contributed by atoms with Crippen LogP contribution in [0.3, 0.4) is 0 Å². The highest BCUT2D eigenvalue weighted by Crippen LogP contribution is 2.26. The molecule has 0 radical (unpaired) electrons. The minimum absolute atomic E-state index is 0.122. The van der Waals surface area contributed by atoms with Crippen LogP contribution in [0, 0.1) is 0 Å². The van der Waals surface area contributed by atoms with Gasteiger partial charge in [-0.05, 0) is 35.0 Å². The van der Waals surface area contributed by atoms with Gasteiger partial charge in [-0.25, -0.2) is 0 Å².